The highest BCUT2D eigenvalue weighted by Crippen LogP contribution is 2.38. The number of benzene rings is 1. The average Bonchev–Trinajstić information content (AvgIpc) is 3.30. The van der Waals surface area contributed by atoms with E-state index in [2.05, 4.69) is 69.1 Å². The molecule has 2 aromatic rings. The van der Waals surface area contributed by atoms with Crippen LogP contribution in [0.2, 0.25) is 18.1 Å². The van der Waals surface area contributed by atoms with Crippen LogP contribution in [0.25, 0.3) is 0 Å². The molecule has 234 valence electrons. The molecule has 5 rings (SSSR count). The summed E-state index contributed by atoms with van der Waals surface area (Å²) in [6.45, 7) is 17.7. The third-order valence-corrected chi connectivity index (χ3v) is 14.5. The Balaban J connectivity index is 1.19. The second kappa shape index (κ2) is 13.0. The minimum atomic E-state index is -2.05. The monoisotopic (exact) mass is 607 g/mol. The van der Waals surface area contributed by atoms with Gasteiger partial charge in [-0.2, -0.15) is 0 Å². The summed E-state index contributed by atoms with van der Waals surface area (Å²) in [6.07, 6.45) is 3.71. The van der Waals surface area contributed by atoms with Crippen molar-refractivity contribution in [2.24, 2.45) is 0 Å². The molecule has 1 aromatic heterocycles. The lowest BCUT2D eigenvalue weighted by Gasteiger charge is -2.42. The lowest BCUT2D eigenvalue weighted by Crippen LogP contribution is -2.51. The topological polar surface area (TPSA) is 89.5 Å². The van der Waals surface area contributed by atoms with Crippen LogP contribution in [0.1, 0.15) is 61.9 Å². The lowest BCUT2D eigenvalue weighted by molar-refractivity contribution is 0.0878. The molecule has 10 heteroatoms. The summed E-state index contributed by atoms with van der Waals surface area (Å²) in [5.41, 5.74) is 4.86. The molecule has 0 aliphatic carbocycles. The average molecular weight is 608 g/mol. The summed E-state index contributed by atoms with van der Waals surface area (Å²) >= 11 is 0. The Hall–Kier alpha value is -2.95. The second-order valence-corrected chi connectivity index (χ2v) is 18.8. The molecule has 3 aliphatic rings. The maximum absolute atomic E-state index is 13.6. The summed E-state index contributed by atoms with van der Waals surface area (Å²) < 4.78 is 6.98. The van der Waals surface area contributed by atoms with Crippen LogP contribution in [0, 0.1) is 0 Å². The zero-order valence-corrected chi connectivity index (χ0v) is 27.6. The first-order chi connectivity index (χ1) is 20.4. The minimum absolute atomic E-state index is 0.0417. The van der Waals surface area contributed by atoms with Gasteiger partial charge in [0.05, 0.1) is 18.3 Å². The number of carbonyl (C=O) groups is 2. The molecule has 3 amide bonds. The van der Waals surface area contributed by atoms with Crippen molar-refractivity contribution in [3.05, 3.63) is 65.0 Å². The number of amides is 3. The highest BCUT2D eigenvalue weighted by Gasteiger charge is 2.41. The van der Waals surface area contributed by atoms with Crippen LogP contribution in [0.3, 0.4) is 0 Å². The fourth-order valence-electron chi connectivity index (χ4n) is 6.29. The number of fused-ring (bicyclic) bond motifs is 1. The molecule has 0 bridgehead atoms. The highest BCUT2D eigenvalue weighted by atomic mass is 28.4. The Morgan fingerprint density at radius 3 is 2.35 bits per heavy atom. The maximum atomic E-state index is 13.6. The van der Waals surface area contributed by atoms with Crippen molar-refractivity contribution in [2.45, 2.75) is 83.3 Å². The van der Waals surface area contributed by atoms with Crippen molar-refractivity contribution in [3.8, 4) is 0 Å². The number of aromatic nitrogens is 1. The van der Waals surface area contributed by atoms with E-state index in [1.807, 2.05) is 22.1 Å². The number of hydrogen-bond donors (Lipinski definition) is 1. The van der Waals surface area contributed by atoms with E-state index in [-0.39, 0.29) is 17.2 Å². The molecule has 9 nitrogen and oxygen atoms in total. The Morgan fingerprint density at radius 1 is 1.00 bits per heavy atom. The van der Waals surface area contributed by atoms with Crippen molar-refractivity contribution < 1.29 is 19.1 Å². The SMILES string of the molecule is CC(C)(C)[Si](C)(C)OC(CN1CCc2ccccc2C1)CN1CCN(Cc2ccc(C3CCN(C(=O)O)CC3)cn2)C1=O. The van der Waals surface area contributed by atoms with Gasteiger partial charge < -0.3 is 24.2 Å². The molecule has 0 radical (unpaired) electrons. The van der Waals surface area contributed by atoms with Gasteiger partial charge in [0, 0.05) is 58.6 Å². The summed E-state index contributed by atoms with van der Waals surface area (Å²) in [5, 5.41) is 9.30. The Labute approximate surface area is 257 Å². The second-order valence-electron chi connectivity index (χ2n) is 14.0. The van der Waals surface area contributed by atoms with Crippen molar-refractivity contribution in [1.29, 1.82) is 0 Å². The fourth-order valence-corrected chi connectivity index (χ4v) is 7.62. The third kappa shape index (κ3) is 7.59. The largest absolute Gasteiger partial charge is 0.465 e. The van der Waals surface area contributed by atoms with Crippen LogP contribution < -0.4 is 0 Å². The van der Waals surface area contributed by atoms with E-state index in [0.29, 0.717) is 45.2 Å². The van der Waals surface area contributed by atoms with Crippen molar-refractivity contribution >= 4 is 20.4 Å². The van der Waals surface area contributed by atoms with Gasteiger partial charge in [-0.3, -0.25) is 9.88 Å². The fraction of sp³-hybridized carbons (Fsp3) is 0.606. The zero-order valence-electron chi connectivity index (χ0n) is 26.6. The quantitative estimate of drug-likeness (QED) is 0.372. The number of nitrogens with zero attached hydrogens (tertiary/aromatic N) is 5. The first-order valence-electron chi connectivity index (χ1n) is 15.8. The molecule has 43 heavy (non-hydrogen) atoms. The van der Waals surface area contributed by atoms with Gasteiger partial charge in [-0.25, -0.2) is 9.59 Å². The summed E-state index contributed by atoms with van der Waals surface area (Å²) in [4.78, 5) is 37.3. The third-order valence-electron chi connectivity index (χ3n) is 9.98. The van der Waals surface area contributed by atoms with Gasteiger partial charge in [-0.1, -0.05) is 51.1 Å². The van der Waals surface area contributed by atoms with Crippen LogP contribution in [0.15, 0.2) is 42.6 Å². The molecule has 3 aliphatic heterocycles. The lowest BCUT2D eigenvalue weighted by atomic mass is 9.90. The van der Waals surface area contributed by atoms with Crippen LogP contribution in [0.4, 0.5) is 9.59 Å². The van der Waals surface area contributed by atoms with E-state index < -0.39 is 14.4 Å². The number of piperidine rings is 1. The highest BCUT2D eigenvalue weighted by molar-refractivity contribution is 6.74. The van der Waals surface area contributed by atoms with E-state index in [1.165, 1.54) is 16.0 Å². The molecule has 4 heterocycles. The number of likely N-dealkylation sites (tertiary alicyclic amines) is 1. The van der Waals surface area contributed by atoms with Crippen molar-refractivity contribution in [2.75, 3.05) is 45.8 Å². The molecule has 2 fully saturated rings. The Bertz CT molecular complexity index is 1270. The van der Waals surface area contributed by atoms with Crippen LogP contribution >= 0.6 is 0 Å². The molecule has 1 N–H and O–H groups in total. The predicted molar refractivity (Wildman–Crippen MR) is 171 cm³/mol. The van der Waals surface area contributed by atoms with E-state index in [9.17, 15) is 14.7 Å². The van der Waals surface area contributed by atoms with E-state index >= 15 is 0 Å². The molecule has 1 aromatic carbocycles. The van der Waals surface area contributed by atoms with Crippen LogP contribution in [-0.4, -0.2) is 102 Å². The molecule has 2 saturated heterocycles. The van der Waals surface area contributed by atoms with Gasteiger partial charge >= 0.3 is 12.1 Å². The molecule has 1 atom stereocenters. The number of pyridine rings is 1. The summed E-state index contributed by atoms with van der Waals surface area (Å²) in [5.74, 6) is 0.326. The smallest absolute Gasteiger partial charge is 0.407 e. The number of carboxylic acid groups (broad SMARTS) is 1. The van der Waals surface area contributed by atoms with Crippen molar-refractivity contribution in [3.63, 3.8) is 0 Å². The van der Waals surface area contributed by atoms with Gasteiger partial charge in [0.25, 0.3) is 0 Å². The number of rotatable bonds is 9. The van der Waals surface area contributed by atoms with Gasteiger partial charge in [-0.15, -0.1) is 0 Å². The van der Waals surface area contributed by atoms with E-state index in [0.717, 1.165) is 50.2 Å². The first kappa shape index (κ1) is 31.5. The minimum Gasteiger partial charge on any atom is -0.465 e. The van der Waals surface area contributed by atoms with Gasteiger partial charge in [0.2, 0.25) is 0 Å². The molecule has 0 spiro atoms. The summed E-state index contributed by atoms with van der Waals surface area (Å²) in [7, 11) is -2.05. The van der Waals surface area contributed by atoms with Gasteiger partial charge in [0.1, 0.15) is 0 Å². The van der Waals surface area contributed by atoms with E-state index in [4.69, 9.17) is 9.41 Å². The molecular weight excluding hydrogens is 558 g/mol. The predicted octanol–water partition coefficient (Wildman–Crippen LogP) is 5.63. The van der Waals surface area contributed by atoms with Crippen LogP contribution in [-0.2, 0) is 23.9 Å². The molecular formula is C33H49N5O4Si. The van der Waals surface area contributed by atoms with Gasteiger partial charge in [0.15, 0.2) is 8.32 Å². The summed E-state index contributed by atoms with van der Waals surface area (Å²) in [6, 6.07) is 12.9. The van der Waals surface area contributed by atoms with Crippen molar-refractivity contribution in [1.82, 2.24) is 24.6 Å². The molecule has 1 unspecified atom stereocenters. The van der Waals surface area contributed by atoms with Crippen LogP contribution in [0.5, 0.6) is 0 Å². The first-order valence-corrected chi connectivity index (χ1v) is 18.7. The number of urea groups is 1. The Morgan fingerprint density at radius 2 is 1.70 bits per heavy atom. The van der Waals surface area contributed by atoms with Gasteiger partial charge in [-0.05, 0) is 66.1 Å². The standard InChI is InChI=1S/C33H49N5O4Si/c1-33(2,3)43(4,5)42-30(23-35-15-12-25-8-6-7-9-28(25)21-35)24-38-19-18-37(31(38)39)22-29-11-10-27(20-34-29)26-13-16-36(17-14-26)32(40)41/h6-11,20,26,30H,12-19,21-24H2,1-5H3,(H,40,41). The zero-order chi connectivity index (χ0) is 30.8. The number of hydrogen-bond acceptors (Lipinski definition) is 5. The maximum Gasteiger partial charge on any atom is 0.407 e. The Kier molecular flexibility index (Phi) is 9.48. The normalized spacial score (nSPS) is 19.6. The molecule has 0 saturated carbocycles. The van der Waals surface area contributed by atoms with E-state index in [1.54, 1.807) is 0 Å². The number of carbonyl (C=O) groups excluding carboxylic acids is 1.